The van der Waals surface area contributed by atoms with Crippen LogP contribution in [0, 0.1) is 5.92 Å². The fourth-order valence-corrected chi connectivity index (χ4v) is 3.31. The number of esters is 1. The van der Waals surface area contributed by atoms with Crippen molar-refractivity contribution in [1.82, 2.24) is 10.2 Å². The number of rotatable bonds is 5. The molecule has 2 atom stereocenters. The number of hydrogen-bond acceptors (Lipinski definition) is 4. The van der Waals surface area contributed by atoms with Crippen molar-refractivity contribution < 1.29 is 19.1 Å². The highest BCUT2D eigenvalue weighted by atomic mass is 79.9. The topological polar surface area (TPSA) is 75.7 Å². The summed E-state index contributed by atoms with van der Waals surface area (Å²) in [5.74, 6) is -0.922. The van der Waals surface area contributed by atoms with Gasteiger partial charge < -0.3 is 10.1 Å². The van der Waals surface area contributed by atoms with Crippen molar-refractivity contribution in [2.24, 2.45) is 5.92 Å². The number of halogens is 1. The molecule has 7 heteroatoms. The third-order valence-electron chi connectivity index (χ3n) is 4.33. The Morgan fingerprint density at radius 1 is 1.22 bits per heavy atom. The van der Waals surface area contributed by atoms with Crippen molar-refractivity contribution in [3.8, 4) is 0 Å². The van der Waals surface area contributed by atoms with Crippen LogP contribution in [0.5, 0.6) is 0 Å². The molecular weight excluding hydrogens is 412 g/mol. The molecule has 1 saturated heterocycles. The number of imide groups is 1. The van der Waals surface area contributed by atoms with Gasteiger partial charge in [0.15, 0.2) is 0 Å². The van der Waals surface area contributed by atoms with Crippen LogP contribution in [-0.2, 0) is 19.9 Å². The molecule has 0 unspecified atom stereocenters. The molecule has 1 fully saturated rings. The van der Waals surface area contributed by atoms with Gasteiger partial charge >= 0.3 is 12.0 Å². The first kappa shape index (κ1) is 21.4. The van der Waals surface area contributed by atoms with E-state index in [2.05, 4.69) is 21.2 Å². The summed E-state index contributed by atoms with van der Waals surface area (Å²) in [5.41, 5.74) is -1.28. The molecule has 148 valence electrons. The van der Waals surface area contributed by atoms with Crippen LogP contribution in [0.15, 0.2) is 28.7 Å². The number of amides is 3. The van der Waals surface area contributed by atoms with Gasteiger partial charge in [0, 0.05) is 4.47 Å². The number of urea groups is 1. The van der Waals surface area contributed by atoms with E-state index < -0.39 is 35.1 Å². The molecule has 2 rings (SSSR count). The predicted octanol–water partition coefficient (Wildman–Crippen LogP) is 3.97. The number of carbonyl (C=O) groups is 3. The van der Waals surface area contributed by atoms with E-state index in [0.29, 0.717) is 12.0 Å². The van der Waals surface area contributed by atoms with E-state index in [1.807, 2.05) is 26.0 Å². The Labute approximate surface area is 168 Å². The van der Waals surface area contributed by atoms with E-state index in [1.54, 1.807) is 39.8 Å². The van der Waals surface area contributed by atoms with E-state index in [0.717, 1.165) is 9.37 Å². The van der Waals surface area contributed by atoms with E-state index in [-0.39, 0.29) is 5.92 Å². The third kappa shape index (κ3) is 4.69. The Hall–Kier alpha value is -1.89. The molecule has 1 N–H and O–H groups in total. The summed E-state index contributed by atoms with van der Waals surface area (Å²) < 4.78 is 6.35. The number of benzene rings is 1. The fraction of sp³-hybridized carbons (Fsp3) is 0.550. The van der Waals surface area contributed by atoms with Gasteiger partial charge in [0.1, 0.15) is 17.2 Å². The summed E-state index contributed by atoms with van der Waals surface area (Å²) in [6, 6.07) is 5.62. The average molecular weight is 439 g/mol. The molecule has 1 aromatic rings. The minimum absolute atomic E-state index is 0.0997. The molecular formula is C20H27BrN2O4. The molecule has 3 amide bonds. The number of hydrogen-bond donors (Lipinski definition) is 1. The molecule has 0 aliphatic carbocycles. The molecule has 6 nitrogen and oxygen atoms in total. The summed E-state index contributed by atoms with van der Waals surface area (Å²) in [5, 5.41) is 2.75. The van der Waals surface area contributed by atoms with Crippen molar-refractivity contribution in [3.63, 3.8) is 0 Å². The maximum atomic E-state index is 13.2. The van der Waals surface area contributed by atoms with Gasteiger partial charge in [-0.25, -0.2) is 14.5 Å². The normalized spacial score (nSPS) is 21.4. The Kier molecular flexibility index (Phi) is 6.04. The van der Waals surface area contributed by atoms with E-state index in [9.17, 15) is 14.4 Å². The minimum Gasteiger partial charge on any atom is -0.458 e. The lowest BCUT2D eigenvalue weighted by Gasteiger charge is -2.30. The van der Waals surface area contributed by atoms with Gasteiger partial charge in [-0.05, 0) is 57.7 Å². The fourth-order valence-electron chi connectivity index (χ4n) is 3.05. The summed E-state index contributed by atoms with van der Waals surface area (Å²) >= 11 is 3.36. The molecule has 1 aliphatic rings. The highest BCUT2D eigenvalue weighted by Crippen LogP contribution is 2.32. The van der Waals surface area contributed by atoms with Gasteiger partial charge in [-0.1, -0.05) is 41.9 Å². The molecule has 0 saturated carbocycles. The predicted molar refractivity (Wildman–Crippen MR) is 106 cm³/mol. The molecule has 27 heavy (non-hydrogen) atoms. The van der Waals surface area contributed by atoms with Crippen LogP contribution in [0.2, 0.25) is 0 Å². The van der Waals surface area contributed by atoms with Gasteiger partial charge in [0.2, 0.25) is 0 Å². The second-order valence-corrected chi connectivity index (χ2v) is 9.33. The monoisotopic (exact) mass is 438 g/mol. The van der Waals surface area contributed by atoms with Crippen molar-refractivity contribution >= 4 is 33.8 Å². The third-order valence-corrected chi connectivity index (χ3v) is 4.86. The number of ether oxygens (including phenoxy) is 1. The van der Waals surface area contributed by atoms with Crippen LogP contribution in [0.25, 0.3) is 0 Å². The molecule has 1 aliphatic heterocycles. The molecule has 0 spiro atoms. The van der Waals surface area contributed by atoms with E-state index >= 15 is 0 Å². The van der Waals surface area contributed by atoms with Gasteiger partial charge in [0.05, 0.1) is 0 Å². The van der Waals surface area contributed by atoms with Crippen LogP contribution < -0.4 is 5.32 Å². The van der Waals surface area contributed by atoms with Crippen LogP contribution in [-0.4, -0.2) is 34.5 Å². The maximum absolute atomic E-state index is 13.2. The highest BCUT2D eigenvalue weighted by molar-refractivity contribution is 9.10. The van der Waals surface area contributed by atoms with E-state index in [1.165, 1.54) is 0 Å². The van der Waals surface area contributed by atoms with Crippen LogP contribution in [0.3, 0.4) is 0 Å². The van der Waals surface area contributed by atoms with E-state index in [4.69, 9.17) is 4.74 Å². The second kappa shape index (κ2) is 7.62. The smallest absolute Gasteiger partial charge is 0.329 e. The largest absolute Gasteiger partial charge is 0.458 e. The van der Waals surface area contributed by atoms with Gasteiger partial charge in [-0.15, -0.1) is 0 Å². The lowest BCUT2D eigenvalue weighted by Crippen LogP contribution is -2.49. The van der Waals surface area contributed by atoms with Crippen molar-refractivity contribution in [2.75, 3.05) is 0 Å². The summed E-state index contributed by atoms with van der Waals surface area (Å²) in [4.78, 5) is 39.7. The highest BCUT2D eigenvalue weighted by Gasteiger charge is 2.53. The molecule has 0 radical (unpaired) electrons. The Bertz CT molecular complexity index is 739. The molecule has 1 heterocycles. The SMILES string of the molecule is CC(C)C[C@H](C(=O)OC(C)(C)C)N1C(=O)N[C@@](C)(c2ccc(Br)cc2)C1=O. The summed E-state index contributed by atoms with van der Waals surface area (Å²) in [6.45, 7) is 10.8. The van der Waals surface area contributed by atoms with Gasteiger partial charge in [-0.3, -0.25) is 4.79 Å². The molecule has 0 aromatic heterocycles. The van der Waals surface area contributed by atoms with Crippen molar-refractivity contribution in [3.05, 3.63) is 34.3 Å². The Morgan fingerprint density at radius 3 is 2.26 bits per heavy atom. The summed E-state index contributed by atoms with van der Waals surface area (Å²) in [7, 11) is 0. The van der Waals surface area contributed by atoms with Crippen LogP contribution >= 0.6 is 15.9 Å². The number of nitrogens with zero attached hydrogens (tertiary/aromatic N) is 1. The van der Waals surface area contributed by atoms with Crippen LogP contribution in [0.4, 0.5) is 4.79 Å². The maximum Gasteiger partial charge on any atom is 0.329 e. The quantitative estimate of drug-likeness (QED) is 0.557. The second-order valence-electron chi connectivity index (χ2n) is 8.42. The summed E-state index contributed by atoms with van der Waals surface area (Å²) in [6.07, 6.45) is 0.338. The lowest BCUT2D eigenvalue weighted by molar-refractivity contribution is -0.163. The average Bonchev–Trinajstić information content (AvgIpc) is 2.74. The van der Waals surface area contributed by atoms with Crippen LogP contribution in [0.1, 0.15) is 53.5 Å². The molecule has 1 aromatic carbocycles. The lowest BCUT2D eigenvalue weighted by atomic mass is 9.91. The Morgan fingerprint density at radius 2 is 1.78 bits per heavy atom. The zero-order valence-corrected chi connectivity index (χ0v) is 18.2. The van der Waals surface area contributed by atoms with Gasteiger partial charge in [0.25, 0.3) is 5.91 Å². The zero-order valence-electron chi connectivity index (χ0n) is 16.6. The zero-order chi connectivity index (χ0) is 20.6. The van der Waals surface area contributed by atoms with Crippen molar-refractivity contribution in [2.45, 2.75) is 65.1 Å². The first-order valence-corrected chi connectivity index (χ1v) is 9.79. The number of nitrogens with one attached hydrogen (secondary N) is 1. The standard InChI is InChI=1S/C20H27BrN2O4/c1-12(2)11-15(16(24)27-19(3,4)5)23-17(25)20(6,22-18(23)26)13-7-9-14(21)10-8-13/h7-10,12,15H,11H2,1-6H3,(H,22,26)/t15-,20+/m1/s1. The first-order valence-electron chi connectivity index (χ1n) is 9.00. The van der Waals surface area contributed by atoms with Crippen molar-refractivity contribution in [1.29, 1.82) is 0 Å². The van der Waals surface area contributed by atoms with Gasteiger partial charge in [-0.2, -0.15) is 0 Å². The minimum atomic E-state index is -1.23. The first-order chi connectivity index (χ1) is 12.3. The Balaban J connectivity index is 2.38. The molecule has 0 bridgehead atoms. The number of carbonyl (C=O) groups excluding carboxylic acids is 3.